The summed E-state index contributed by atoms with van der Waals surface area (Å²) in [6.07, 6.45) is 1.11. The smallest absolute Gasteiger partial charge is 0.412 e. The zero-order valence-corrected chi connectivity index (χ0v) is 54.2. The maximum atomic E-state index is 14.4. The van der Waals surface area contributed by atoms with E-state index >= 15 is 0 Å². The summed E-state index contributed by atoms with van der Waals surface area (Å²) in [5.41, 5.74) is 6.65. The van der Waals surface area contributed by atoms with Crippen molar-refractivity contribution in [2.75, 3.05) is 63.9 Å². The Morgan fingerprint density at radius 1 is 0.956 bits per heavy atom. The second-order valence-electron chi connectivity index (χ2n) is 24.0. The minimum absolute atomic E-state index is 0.000308. The molecule has 25 nitrogen and oxygen atoms in total. The number of hydrogen-bond donors (Lipinski definition) is 6. The van der Waals surface area contributed by atoms with Crippen molar-refractivity contribution in [3.8, 4) is 0 Å². The van der Waals surface area contributed by atoms with E-state index in [1.54, 1.807) is 56.5 Å². The van der Waals surface area contributed by atoms with Gasteiger partial charge in [-0.1, -0.05) is 80.5 Å². The lowest BCUT2D eigenvalue weighted by molar-refractivity contribution is -0.198. The lowest BCUT2D eigenvalue weighted by atomic mass is 9.78. The van der Waals surface area contributed by atoms with Gasteiger partial charge in [0.25, 0.3) is 11.8 Å². The number of esters is 1. The number of aromatic nitrogens is 1. The number of urea groups is 1. The average Bonchev–Trinajstić information content (AvgIpc) is 1.61. The maximum Gasteiger partial charge on any atom is 0.412 e. The highest BCUT2D eigenvalue weighted by molar-refractivity contribution is 7.80. The van der Waals surface area contributed by atoms with Gasteiger partial charge in [0.05, 0.1) is 85.5 Å². The number of aryl methyl sites for hydroxylation is 1. The normalized spacial score (nSPS) is 24.3. The van der Waals surface area contributed by atoms with Crippen molar-refractivity contribution in [2.45, 2.75) is 154 Å². The number of primary amides is 1. The number of carbonyl (C=O) groups excluding carboxylic acids is 9. The highest BCUT2D eigenvalue weighted by atomic mass is 35.5. The number of Topliss-reactive ketones (excluding diaryl/α,β-unsaturated/α-hetero) is 1. The van der Waals surface area contributed by atoms with E-state index in [0.29, 0.717) is 62.4 Å². The maximum absolute atomic E-state index is 14.4. The van der Waals surface area contributed by atoms with Crippen molar-refractivity contribution in [3.05, 3.63) is 88.1 Å². The fourth-order valence-electron chi connectivity index (χ4n) is 11.4. The molecule has 9 atom stereocenters. The number of nitrogens with two attached hydrogens (primary N) is 1. The molecule has 2 aromatic carbocycles. The van der Waals surface area contributed by atoms with E-state index in [1.165, 1.54) is 12.0 Å². The summed E-state index contributed by atoms with van der Waals surface area (Å²) in [4.78, 5) is 128. The molecule has 1 aromatic heterocycles. The highest BCUT2D eigenvalue weighted by Gasteiger charge is 2.64. The quantitative estimate of drug-likeness (QED) is 0.0183. The number of amides is 7. The third kappa shape index (κ3) is 19.5. The molecule has 4 bridgehead atoms. The summed E-state index contributed by atoms with van der Waals surface area (Å²) in [5.74, 6) is -5.03. The molecular weight excluding hydrogens is 1220 g/mol. The van der Waals surface area contributed by atoms with Gasteiger partial charge >= 0.3 is 24.1 Å². The molecule has 91 heavy (non-hydrogen) atoms. The van der Waals surface area contributed by atoms with Gasteiger partial charge in [-0.15, -0.1) is 5.06 Å². The zero-order chi connectivity index (χ0) is 66.3. The number of fused-ring (bicyclic) bond motifs is 6. The van der Waals surface area contributed by atoms with Crippen LogP contribution < -0.4 is 31.9 Å². The minimum atomic E-state index is -1.62. The number of hydrogen-bond acceptors (Lipinski definition) is 19. The largest absolute Gasteiger partial charge is 0.462 e. The second-order valence-corrected chi connectivity index (χ2v) is 24.9. The van der Waals surface area contributed by atoms with Crippen molar-refractivity contribution >= 4 is 105 Å². The Morgan fingerprint density at radius 3 is 2.38 bits per heavy atom. The van der Waals surface area contributed by atoms with Crippen LogP contribution in [0, 0.1) is 24.7 Å². The first kappa shape index (κ1) is 71.0. The number of anilines is 2. The van der Waals surface area contributed by atoms with Crippen LogP contribution in [0.25, 0.3) is 10.9 Å². The van der Waals surface area contributed by atoms with Crippen molar-refractivity contribution in [1.29, 1.82) is 0 Å². The number of nitrogens with one attached hydrogen (secondary N) is 4. The number of nitrogens with zero attached hydrogens (tertiary/aromatic N) is 3. The number of methoxy groups -OCH3 is 1. The Morgan fingerprint density at radius 2 is 1.68 bits per heavy atom. The molecule has 7 N–H and O–H groups in total. The van der Waals surface area contributed by atoms with Crippen LogP contribution in [0.4, 0.5) is 21.0 Å². The van der Waals surface area contributed by atoms with Gasteiger partial charge in [0.2, 0.25) is 11.8 Å². The average molecular weight is 1300 g/mol. The number of epoxide rings is 1. The number of carbonyl (C=O) groups is 9. The van der Waals surface area contributed by atoms with Gasteiger partial charge < -0.3 is 64.9 Å². The Balaban J connectivity index is 0.969. The molecule has 494 valence electrons. The molecule has 3 fully saturated rings. The number of imide groups is 1. The van der Waals surface area contributed by atoms with Crippen LogP contribution in [0.15, 0.2) is 66.3 Å². The van der Waals surface area contributed by atoms with Crippen LogP contribution in [-0.2, 0) is 79.7 Å². The molecule has 4 aliphatic heterocycles. The topological polar surface area (TPSA) is 335 Å². The van der Waals surface area contributed by atoms with Crippen molar-refractivity contribution in [3.63, 3.8) is 0 Å². The van der Waals surface area contributed by atoms with Gasteiger partial charge in [-0.05, 0) is 87.4 Å². The number of benzene rings is 2. The van der Waals surface area contributed by atoms with Crippen molar-refractivity contribution in [1.82, 2.24) is 26.0 Å². The number of rotatable bonds is 25. The molecule has 0 unspecified atom stereocenters. The lowest BCUT2D eigenvalue weighted by Gasteiger charge is -2.41. The molecule has 7 amide bonds. The highest BCUT2D eigenvalue weighted by Crippen LogP contribution is 2.50. The predicted molar refractivity (Wildman–Crippen MR) is 338 cm³/mol. The minimum Gasteiger partial charge on any atom is -0.462 e. The molecule has 5 heterocycles. The van der Waals surface area contributed by atoms with Crippen molar-refractivity contribution in [2.24, 2.45) is 23.5 Å². The van der Waals surface area contributed by atoms with Gasteiger partial charge in [-0.3, -0.25) is 39.1 Å². The van der Waals surface area contributed by atoms with Gasteiger partial charge in [0, 0.05) is 81.5 Å². The predicted octanol–water partition coefficient (Wildman–Crippen LogP) is 6.13. The summed E-state index contributed by atoms with van der Waals surface area (Å²) in [7, 11) is 3.06. The monoisotopic (exact) mass is 1300 g/mol. The fraction of sp³-hybridized carbons (Fsp3) is 0.547. The summed E-state index contributed by atoms with van der Waals surface area (Å²) in [5, 5.41) is 24.8. The molecule has 3 aromatic rings. The van der Waals surface area contributed by atoms with Crippen LogP contribution in [0.1, 0.15) is 109 Å². The van der Waals surface area contributed by atoms with E-state index in [2.05, 4.69) is 21.3 Å². The van der Waals surface area contributed by atoms with Gasteiger partial charge in [0.1, 0.15) is 29.5 Å². The zero-order valence-electron chi connectivity index (χ0n) is 52.6. The standard InChI is InChI=1S/C64H83ClN8O17S/c1-36(2)44(32-52(91)67-22-24-86-26-25-85-23-20-56(78)90-73-53(75)18-19-54(73)76)60(80)71-46(12-10-21-68-61(66)81)48(74)31-43-15-14-41-30-42(16-17-45(41)69-43)70-62(82)88-51-33-55(77)72(7)47-29-40(28-38(4)58(47)65)27-37(3)11-9-13-50(84-8)64(83)34-49(87-57(79)35-64)39(5)59-63(51,6)89-59/h9,11,13-17,28-30,36,39,44,46,49-51,59,83H,10,12,18-27,31-35H2,1-8H3,(H,67,91)(H,70,82)(H,71,80)(H3,66,68,81)/b13-9+,37-11+/t39-,44+,46+,49+,50-,51+,59+,63+,64-/m1/s1. The Hall–Kier alpha value is -7.46. The summed E-state index contributed by atoms with van der Waals surface area (Å²) in [6.45, 7) is 12.2. The lowest BCUT2D eigenvalue weighted by Crippen LogP contribution is -2.53. The first-order valence-corrected chi connectivity index (χ1v) is 31.2. The van der Waals surface area contributed by atoms with E-state index in [4.69, 9.17) is 67.8 Å². The Labute approximate surface area is 539 Å². The molecule has 0 saturated carbocycles. The van der Waals surface area contributed by atoms with Crippen LogP contribution in [0.3, 0.4) is 0 Å². The number of ketones is 1. The molecule has 27 heteroatoms. The van der Waals surface area contributed by atoms with Crippen molar-refractivity contribution < 1.29 is 81.5 Å². The number of pyridine rings is 1. The Kier molecular flexibility index (Phi) is 25.1. The summed E-state index contributed by atoms with van der Waals surface area (Å²) in [6, 6.07) is 10.4. The molecule has 0 aliphatic carbocycles. The molecule has 0 radical (unpaired) electrons. The number of allylic oxidation sites excluding steroid dienone is 3. The summed E-state index contributed by atoms with van der Waals surface area (Å²) < 4.78 is 35.1. The number of hydroxylamine groups is 2. The van der Waals surface area contributed by atoms with Gasteiger partial charge in [-0.2, -0.15) is 0 Å². The molecule has 4 aliphatic rings. The summed E-state index contributed by atoms with van der Waals surface area (Å²) >= 11 is 12.5. The van der Waals surface area contributed by atoms with Gasteiger partial charge in [0.15, 0.2) is 5.78 Å². The molecular formula is C64H83ClN8O17S. The van der Waals surface area contributed by atoms with E-state index < -0.39 is 101 Å². The molecule has 3 saturated heterocycles. The van der Waals surface area contributed by atoms with E-state index in [0.717, 1.165) is 16.7 Å². The van der Waals surface area contributed by atoms with Crippen LogP contribution in [0.2, 0.25) is 5.02 Å². The van der Waals surface area contributed by atoms with Crippen LogP contribution in [-0.4, -0.2) is 169 Å². The first-order valence-electron chi connectivity index (χ1n) is 30.4. The van der Waals surface area contributed by atoms with Gasteiger partial charge in [-0.25, -0.2) is 14.4 Å². The first-order chi connectivity index (χ1) is 43.2. The number of halogens is 1. The molecule has 0 spiro atoms. The number of ether oxygens (including phenoxy) is 6. The Bertz CT molecular complexity index is 3280. The number of aliphatic hydroxyl groups is 1. The number of thiocarbonyl (C=S) groups is 1. The van der Waals surface area contributed by atoms with E-state index in [1.807, 2.05) is 52.8 Å². The van der Waals surface area contributed by atoms with Crippen LogP contribution >= 0.6 is 23.8 Å². The van der Waals surface area contributed by atoms with E-state index in [-0.39, 0.29) is 102 Å². The third-order valence-corrected chi connectivity index (χ3v) is 17.4. The van der Waals surface area contributed by atoms with Crippen LogP contribution in [0.5, 0.6) is 0 Å². The fourth-order valence-corrected chi connectivity index (χ4v) is 11.9. The third-order valence-electron chi connectivity index (χ3n) is 16.6. The second kappa shape index (κ2) is 32.2. The SMILES string of the molecule is CO[C@@H]1/C=C/C=C(\C)Cc2cc(C)c(Cl)c(c2)N(C)C(=O)C[C@H](OC(=O)Nc2ccc3nc(CC(=O)[C@H](CCCNC(N)=O)NC(=O)[C@@H](CC(=S)NCCOCCOCCC(=O)ON4C(=O)CCC4=O)C(C)C)ccc3c2)[C@]2(C)O[C@H]2[C@H](C)[C@@H]2C[C@@]1(O)CC(=O)O2. The molecule has 7 rings (SSSR count). The van der Waals surface area contributed by atoms with E-state index in [9.17, 15) is 48.3 Å².